The number of fused-ring (bicyclic) bond motifs is 1. The molecule has 2 heterocycles. The lowest BCUT2D eigenvalue weighted by Crippen LogP contribution is -2.24. The third-order valence-corrected chi connectivity index (χ3v) is 4.85. The number of amides is 1. The van der Waals surface area contributed by atoms with Crippen LogP contribution in [0.5, 0.6) is 11.5 Å². The zero-order chi connectivity index (χ0) is 21.1. The number of benzene rings is 2. The molecule has 2 aromatic carbocycles. The first-order valence-corrected chi connectivity index (χ1v) is 9.57. The minimum absolute atomic E-state index is 0.135. The van der Waals surface area contributed by atoms with Gasteiger partial charge in [-0.25, -0.2) is 9.07 Å². The van der Waals surface area contributed by atoms with Gasteiger partial charge in [0.1, 0.15) is 18.2 Å². The van der Waals surface area contributed by atoms with Gasteiger partial charge in [0.25, 0.3) is 0 Å². The van der Waals surface area contributed by atoms with Gasteiger partial charge in [-0.15, -0.1) is 6.42 Å². The number of carbonyl (C=O) groups is 1. The fourth-order valence-corrected chi connectivity index (χ4v) is 3.57. The van der Waals surface area contributed by atoms with Crippen LogP contribution in [0.25, 0.3) is 5.69 Å². The van der Waals surface area contributed by atoms with E-state index >= 15 is 0 Å². The summed E-state index contributed by atoms with van der Waals surface area (Å²) < 4.78 is 26.5. The Morgan fingerprint density at radius 1 is 1.27 bits per heavy atom. The summed E-state index contributed by atoms with van der Waals surface area (Å²) in [4.78, 5) is 12.5. The summed E-state index contributed by atoms with van der Waals surface area (Å²) in [6.07, 6.45) is 7.25. The van der Waals surface area contributed by atoms with Crippen LogP contribution in [-0.4, -0.2) is 28.9 Å². The maximum absolute atomic E-state index is 13.7. The Labute approximate surface area is 173 Å². The number of terminal acetylenes is 1. The number of halogens is 1. The summed E-state index contributed by atoms with van der Waals surface area (Å²) in [5, 5.41) is 7.26. The molecule has 0 fully saturated rings. The highest BCUT2D eigenvalue weighted by atomic mass is 19.1. The minimum atomic E-state index is -0.376. The molecular formula is C23H20FN3O3. The van der Waals surface area contributed by atoms with Gasteiger partial charge in [0.05, 0.1) is 18.5 Å². The smallest absolute Gasteiger partial charge is 0.226 e. The van der Waals surface area contributed by atoms with E-state index < -0.39 is 0 Å². The van der Waals surface area contributed by atoms with Crippen LogP contribution in [0.15, 0.2) is 48.7 Å². The second-order valence-electron chi connectivity index (χ2n) is 6.78. The first-order chi connectivity index (χ1) is 14.6. The lowest BCUT2D eigenvalue weighted by molar-refractivity contribution is -0.116. The van der Waals surface area contributed by atoms with Crippen molar-refractivity contribution in [3.8, 4) is 29.5 Å². The molecule has 0 bridgehead atoms. The summed E-state index contributed by atoms with van der Waals surface area (Å²) >= 11 is 0. The third-order valence-electron chi connectivity index (χ3n) is 4.85. The third kappa shape index (κ3) is 3.72. The molecule has 7 heteroatoms. The quantitative estimate of drug-likeness (QED) is 0.632. The van der Waals surface area contributed by atoms with E-state index in [0.717, 1.165) is 11.1 Å². The Hall–Kier alpha value is -3.79. The van der Waals surface area contributed by atoms with E-state index in [-0.39, 0.29) is 30.7 Å². The van der Waals surface area contributed by atoms with Crippen LogP contribution in [0.1, 0.15) is 30.4 Å². The number of rotatable bonds is 6. The lowest BCUT2D eigenvalue weighted by atomic mass is 9.87. The van der Waals surface area contributed by atoms with E-state index in [9.17, 15) is 9.18 Å². The van der Waals surface area contributed by atoms with E-state index in [1.54, 1.807) is 24.4 Å². The van der Waals surface area contributed by atoms with E-state index in [2.05, 4.69) is 16.3 Å². The molecule has 0 spiro atoms. The van der Waals surface area contributed by atoms with E-state index in [1.165, 1.54) is 16.8 Å². The largest absolute Gasteiger partial charge is 0.490 e. The number of aromatic nitrogens is 2. The van der Waals surface area contributed by atoms with Crippen molar-refractivity contribution in [1.82, 2.24) is 9.78 Å². The van der Waals surface area contributed by atoms with E-state index in [0.29, 0.717) is 29.6 Å². The highest BCUT2D eigenvalue weighted by molar-refractivity contribution is 5.94. The van der Waals surface area contributed by atoms with Crippen molar-refractivity contribution < 1.29 is 18.7 Å². The van der Waals surface area contributed by atoms with Crippen molar-refractivity contribution in [2.75, 3.05) is 18.5 Å². The summed E-state index contributed by atoms with van der Waals surface area (Å²) in [5.41, 5.74) is 2.27. The van der Waals surface area contributed by atoms with Gasteiger partial charge in [-0.05, 0) is 42.8 Å². The number of anilines is 1. The molecule has 1 atom stereocenters. The predicted molar refractivity (Wildman–Crippen MR) is 111 cm³/mol. The molecule has 1 amide bonds. The number of nitrogens with one attached hydrogen (secondary N) is 1. The molecule has 4 rings (SSSR count). The Kier molecular flexibility index (Phi) is 5.40. The molecule has 1 N–H and O–H groups in total. The molecule has 1 aromatic heterocycles. The normalized spacial score (nSPS) is 15.1. The van der Waals surface area contributed by atoms with Crippen LogP contribution in [0.2, 0.25) is 0 Å². The van der Waals surface area contributed by atoms with Crippen LogP contribution in [0.4, 0.5) is 10.2 Å². The van der Waals surface area contributed by atoms with Crippen molar-refractivity contribution in [3.05, 3.63) is 65.6 Å². The lowest BCUT2D eigenvalue weighted by Gasteiger charge is -2.24. The molecular weight excluding hydrogens is 385 g/mol. The molecule has 0 saturated carbocycles. The number of nitrogens with zero attached hydrogens (tertiary/aromatic N) is 2. The molecule has 152 valence electrons. The predicted octanol–water partition coefficient (Wildman–Crippen LogP) is 3.90. The maximum Gasteiger partial charge on any atom is 0.226 e. The first-order valence-electron chi connectivity index (χ1n) is 9.57. The molecule has 30 heavy (non-hydrogen) atoms. The summed E-state index contributed by atoms with van der Waals surface area (Å²) in [7, 11) is 0. The number of hydrogen-bond donors (Lipinski definition) is 1. The molecule has 1 unspecified atom stereocenters. The Balaban J connectivity index is 1.74. The minimum Gasteiger partial charge on any atom is -0.490 e. The fraction of sp³-hybridized carbons (Fsp3) is 0.217. The zero-order valence-corrected chi connectivity index (χ0v) is 16.4. The topological polar surface area (TPSA) is 65.4 Å². The summed E-state index contributed by atoms with van der Waals surface area (Å²) in [6.45, 7) is 2.48. The van der Waals surface area contributed by atoms with Gasteiger partial charge < -0.3 is 14.8 Å². The number of carbonyl (C=O) groups excluding carboxylic acids is 1. The van der Waals surface area contributed by atoms with Crippen LogP contribution in [0.3, 0.4) is 0 Å². The average Bonchev–Trinajstić information content (AvgIpc) is 3.16. The Bertz CT molecular complexity index is 1130. The number of hydrogen-bond acceptors (Lipinski definition) is 4. The summed E-state index contributed by atoms with van der Waals surface area (Å²) in [6, 6.07) is 11.6. The molecule has 0 radical (unpaired) electrons. The van der Waals surface area contributed by atoms with Crippen molar-refractivity contribution in [2.45, 2.75) is 19.3 Å². The van der Waals surface area contributed by atoms with E-state index in [1.807, 2.05) is 19.1 Å². The van der Waals surface area contributed by atoms with Gasteiger partial charge in [-0.3, -0.25) is 4.79 Å². The van der Waals surface area contributed by atoms with Crippen molar-refractivity contribution in [1.29, 1.82) is 0 Å². The van der Waals surface area contributed by atoms with Crippen molar-refractivity contribution in [2.24, 2.45) is 0 Å². The monoisotopic (exact) mass is 405 g/mol. The molecule has 1 aliphatic heterocycles. The van der Waals surface area contributed by atoms with Gasteiger partial charge in [-0.2, -0.15) is 5.10 Å². The van der Waals surface area contributed by atoms with Gasteiger partial charge >= 0.3 is 0 Å². The second-order valence-corrected chi connectivity index (χ2v) is 6.78. The molecule has 0 aliphatic carbocycles. The first kappa shape index (κ1) is 19.5. The van der Waals surface area contributed by atoms with E-state index in [4.69, 9.17) is 15.9 Å². The van der Waals surface area contributed by atoms with Crippen molar-refractivity contribution >= 4 is 11.7 Å². The van der Waals surface area contributed by atoms with Gasteiger partial charge in [0.15, 0.2) is 11.5 Å². The van der Waals surface area contributed by atoms with Crippen LogP contribution in [-0.2, 0) is 4.79 Å². The van der Waals surface area contributed by atoms with Crippen molar-refractivity contribution in [3.63, 3.8) is 0 Å². The van der Waals surface area contributed by atoms with Crippen LogP contribution >= 0.6 is 0 Å². The highest BCUT2D eigenvalue weighted by Crippen LogP contribution is 2.40. The number of ether oxygens (including phenoxy) is 2. The van der Waals surface area contributed by atoms with Crippen LogP contribution < -0.4 is 14.8 Å². The second kappa shape index (κ2) is 8.29. The zero-order valence-electron chi connectivity index (χ0n) is 16.4. The van der Waals surface area contributed by atoms with Crippen LogP contribution in [0, 0.1) is 18.2 Å². The highest BCUT2D eigenvalue weighted by Gasteiger charge is 2.31. The average molecular weight is 405 g/mol. The molecule has 3 aromatic rings. The maximum atomic E-state index is 13.7. The molecule has 1 aliphatic rings. The molecule has 6 nitrogen and oxygen atoms in total. The SMILES string of the molecule is C#CCOc1ccc(C2CC(=O)Nc3c2cnn3-c2cccc(F)c2)cc1OCC. The fourth-order valence-electron chi connectivity index (χ4n) is 3.57. The Morgan fingerprint density at radius 3 is 2.90 bits per heavy atom. The van der Waals surface area contributed by atoms with Gasteiger partial charge in [0, 0.05) is 17.9 Å². The summed E-state index contributed by atoms with van der Waals surface area (Å²) in [5.74, 6) is 3.34. The Morgan fingerprint density at radius 2 is 2.13 bits per heavy atom. The van der Waals surface area contributed by atoms with Gasteiger partial charge in [0.2, 0.25) is 5.91 Å². The standard InChI is InChI=1S/C23H20FN3O3/c1-3-10-30-20-9-8-15(11-21(20)29-4-2)18-13-22(28)26-23-19(18)14-25-27(23)17-7-5-6-16(24)12-17/h1,5-9,11-12,14,18H,4,10,13H2,2H3,(H,26,28). The van der Waals surface area contributed by atoms with Gasteiger partial charge in [-0.1, -0.05) is 18.1 Å². The molecule has 0 saturated heterocycles.